The second-order valence-electron chi connectivity index (χ2n) is 9.21. The molecular weight excluding hydrogens is 490 g/mol. The molecular formula is C27H27N5O6. The van der Waals surface area contributed by atoms with E-state index < -0.39 is 0 Å². The normalized spacial score (nSPS) is 16.5. The number of methoxy groups -OCH3 is 2. The van der Waals surface area contributed by atoms with E-state index in [2.05, 4.69) is 15.3 Å². The van der Waals surface area contributed by atoms with Gasteiger partial charge >= 0.3 is 0 Å². The van der Waals surface area contributed by atoms with Crippen LogP contribution in [-0.4, -0.2) is 64.9 Å². The number of fused-ring (bicyclic) bond motifs is 1. The van der Waals surface area contributed by atoms with Gasteiger partial charge in [-0.2, -0.15) is 5.10 Å². The number of benzene rings is 2. The van der Waals surface area contributed by atoms with Crippen LogP contribution < -0.4 is 18.9 Å². The molecule has 196 valence electrons. The minimum atomic E-state index is -0.103. The van der Waals surface area contributed by atoms with Crippen LogP contribution in [0.4, 0.5) is 0 Å². The fourth-order valence-electron chi connectivity index (χ4n) is 4.88. The Morgan fingerprint density at radius 3 is 2.74 bits per heavy atom. The average Bonchev–Trinajstić information content (AvgIpc) is 3.71. The number of nitrogens with zero attached hydrogens (tertiary/aromatic N) is 5. The molecule has 2 aliphatic heterocycles. The number of ether oxygens (including phenoxy) is 4. The minimum absolute atomic E-state index is 0.0610. The zero-order valence-electron chi connectivity index (χ0n) is 21.3. The maximum Gasteiger partial charge on any atom is 0.272 e. The van der Waals surface area contributed by atoms with Crippen LogP contribution in [-0.2, 0) is 7.05 Å². The zero-order chi connectivity index (χ0) is 26.2. The van der Waals surface area contributed by atoms with Gasteiger partial charge < -0.3 is 28.3 Å². The first-order valence-corrected chi connectivity index (χ1v) is 12.3. The molecule has 2 aromatic carbocycles. The molecule has 0 spiro atoms. The van der Waals surface area contributed by atoms with Gasteiger partial charge in [0, 0.05) is 31.3 Å². The Hall–Kier alpha value is -4.54. The van der Waals surface area contributed by atoms with Gasteiger partial charge in [0.05, 0.1) is 25.8 Å². The summed E-state index contributed by atoms with van der Waals surface area (Å²) in [4.78, 5) is 15.4. The van der Waals surface area contributed by atoms with Gasteiger partial charge in [-0.15, -0.1) is 10.2 Å². The number of aryl methyl sites for hydroxylation is 1. The maximum atomic E-state index is 13.6. The van der Waals surface area contributed by atoms with Crippen molar-refractivity contribution in [3.8, 4) is 45.7 Å². The molecule has 11 heteroatoms. The molecule has 6 rings (SSSR count). The quantitative estimate of drug-likeness (QED) is 0.376. The van der Waals surface area contributed by atoms with E-state index in [4.69, 9.17) is 23.4 Å². The summed E-state index contributed by atoms with van der Waals surface area (Å²) in [7, 11) is 4.97. The SMILES string of the molecule is COc1ccc(OC)c(-c2cc(C(=O)N3CCCC(c4nnc(-c5ccc6c(c5)OCO6)o4)C3)n(C)n2)c1. The van der Waals surface area contributed by atoms with Crippen LogP contribution in [0.2, 0.25) is 0 Å². The monoisotopic (exact) mass is 517 g/mol. The number of carbonyl (C=O) groups excluding carboxylic acids is 1. The molecule has 1 atom stereocenters. The van der Waals surface area contributed by atoms with E-state index in [1.165, 1.54) is 0 Å². The highest BCUT2D eigenvalue weighted by atomic mass is 16.7. The number of hydrogen-bond donors (Lipinski definition) is 0. The summed E-state index contributed by atoms with van der Waals surface area (Å²) in [6, 6.07) is 12.8. The molecule has 11 nitrogen and oxygen atoms in total. The molecule has 4 heterocycles. The van der Waals surface area contributed by atoms with Gasteiger partial charge in [-0.3, -0.25) is 9.48 Å². The highest BCUT2D eigenvalue weighted by Crippen LogP contribution is 2.37. The van der Waals surface area contributed by atoms with E-state index in [0.717, 1.165) is 24.0 Å². The first-order chi connectivity index (χ1) is 18.5. The summed E-state index contributed by atoms with van der Waals surface area (Å²) in [6.45, 7) is 1.32. The largest absolute Gasteiger partial charge is 0.497 e. The van der Waals surface area contributed by atoms with Gasteiger partial charge in [0.25, 0.3) is 5.91 Å². The van der Waals surface area contributed by atoms with E-state index in [1.54, 1.807) is 32.0 Å². The molecule has 0 aliphatic carbocycles. The molecule has 1 unspecified atom stereocenters. The van der Waals surface area contributed by atoms with E-state index in [-0.39, 0.29) is 18.6 Å². The van der Waals surface area contributed by atoms with Gasteiger partial charge in [0.2, 0.25) is 18.6 Å². The van der Waals surface area contributed by atoms with Crippen molar-refractivity contribution in [3.63, 3.8) is 0 Å². The fraction of sp³-hybridized carbons (Fsp3) is 0.333. The molecule has 1 saturated heterocycles. The summed E-state index contributed by atoms with van der Waals surface area (Å²) < 4.78 is 29.3. The number of rotatable bonds is 6. The number of hydrogen-bond acceptors (Lipinski definition) is 9. The Balaban J connectivity index is 1.20. The van der Waals surface area contributed by atoms with Crippen molar-refractivity contribution in [2.75, 3.05) is 34.1 Å². The minimum Gasteiger partial charge on any atom is -0.497 e. The summed E-state index contributed by atoms with van der Waals surface area (Å²) in [6.07, 6.45) is 1.68. The lowest BCUT2D eigenvalue weighted by Crippen LogP contribution is -2.40. The topological polar surface area (TPSA) is 114 Å². The highest BCUT2D eigenvalue weighted by Gasteiger charge is 2.31. The van der Waals surface area contributed by atoms with Gasteiger partial charge in [-0.1, -0.05) is 0 Å². The van der Waals surface area contributed by atoms with Crippen LogP contribution in [0.3, 0.4) is 0 Å². The van der Waals surface area contributed by atoms with Crippen LogP contribution in [0.15, 0.2) is 46.9 Å². The number of carbonyl (C=O) groups is 1. The van der Waals surface area contributed by atoms with E-state index >= 15 is 0 Å². The van der Waals surface area contributed by atoms with Gasteiger partial charge in [0.15, 0.2) is 11.5 Å². The molecule has 1 fully saturated rings. The van der Waals surface area contributed by atoms with Gasteiger partial charge in [-0.05, 0) is 55.3 Å². The lowest BCUT2D eigenvalue weighted by atomic mass is 9.97. The molecule has 0 bridgehead atoms. The fourth-order valence-corrected chi connectivity index (χ4v) is 4.88. The predicted octanol–water partition coefficient (Wildman–Crippen LogP) is 3.90. The van der Waals surface area contributed by atoms with Crippen molar-refractivity contribution in [2.24, 2.45) is 7.05 Å². The number of amides is 1. The van der Waals surface area contributed by atoms with E-state index in [1.807, 2.05) is 41.3 Å². The summed E-state index contributed by atoms with van der Waals surface area (Å²) >= 11 is 0. The smallest absolute Gasteiger partial charge is 0.272 e. The molecule has 0 saturated carbocycles. The summed E-state index contributed by atoms with van der Waals surface area (Å²) in [5.74, 6) is 3.43. The zero-order valence-corrected chi connectivity index (χ0v) is 21.3. The molecule has 2 aromatic heterocycles. The van der Waals surface area contributed by atoms with Crippen molar-refractivity contribution >= 4 is 5.91 Å². The Labute approximate surface area is 218 Å². The maximum absolute atomic E-state index is 13.6. The first kappa shape index (κ1) is 23.8. The van der Waals surface area contributed by atoms with Gasteiger partial charge in [-0.25, -0.2) is 0 Å². The Kier molecular flexibility index (Phi) is 6.10. The third-order valence-electron chi connectivity index (χ3n) is 6.90. The number of aromatic nitrogens is 4. The molecule has 0 radical (unpaired) electrons. The van der Waals surface area contributed by atoms with E-state index in [9.17, 15) is 4.79 Å². The molecule has 38 heavy (non-hydrogen) atoms. The predicted molar refractivity (Wildman–Crippen MR) is 135 cm³/mol. The van der Waals surface area contributed by atoms with Crippen LogP contribution in [0, 0.1) is 0 Å². The lowest BCUT2D eigenvalue weighted by Gasteiger charge is -2.31. The molecule has 1 amide bonds. The second kappa shape index (κ2) is 9.73. The standard InChI is InChI=1S/C27H27N5O6/c1-31-21(13-20(30-31)19-12-18(34-2)7-9-22(19)35-3)27(33)32-10-4-5-17(14-32)26-29-28-25(38-26)16-6-8-23-24(11-16)37-15-36-23/h6-9,11-13,17H,4-5,10,14-15H2,1-3H3. The van der Waals surface area contributed by atoms with Crippen molar-refractivity contribution < 1.29 is 28.2 Å². The van der Waals surface area contributed by atoms with Crippen molar-refractivity contribution in [2.45, 2.75) is 18.8 Å². The second-order valence-corrected chi connectivity index (χ2v) is 9.21. The molecule has 4 aromatic rings. The van der Waals surface area contributed by atoms with E-state index in [0.29, 0.717) is 59.3 Å². The van der Waals surface area contributed by atoms with Crippen molar-refractivity contribution in [1.29, 1.82) is 0 Å². The van der Waals surface area contributed by atoms with Crippen LogP contribution >= 0.6 is 0 Å². The molecule has 0 N–H and O–H groups in total. The highest BCUT2D eigenvalue weighted by molar-refractivity contribution is 5.94. The Morgan fingerprint density at radius 1 is 1.03 bits per heavy atom. The van der Waals surface area contributed by atoms with Crippen LogP contribution in [0.5, 0.6) is 23.0 Å². The average molecular weight is 518 g/mol. The van der Waals surface area contributed by atoms with Crippen molar-refractivity contribution in [3.05, 3.63) is 54.0 Å². The number of piperidine rings is 1. The van der Waals surface area contributed by atoms with Crippen LogP contribution in [0.1, 0.15) is 35.1 Å². The van der Waals surface area contributed by atoms with Gasteiger partial charge in [0.1, 0.15) is 17.2 Å². The summed E-state index contributed by atoms with van der Waals surface area (Å²) in [5.41, 5.74) is 2.62. The van der Waals surface area contributed by atoms with Crippen LogP contribution in [0.25, 0.3) is 22.7 Å². The molecule has 2 aliphatic rings. The third-order valence-corrected chi connectivity index (χ3v) is 6.90. The van der Waals surface area contributed by atoms with Crippen molar-refractivity contribution in [1.82, 2.24) is 24.9 Å². The number of likely N-dealkylation sites (tertiary alicyclic amines) is 1. The lowest BCUT2D eigenvalue weighted by molar-refractivity contribution is 0.0687. The Bertz CT molecular complexity index is 1500. The third kappa shape index (κ3) is 4.29. The first-order valence-electron chi connectivity index (χ1n) is 12.3. The summed E-state index contributed by atoms with van der Waals surface area (Å²) in [5, 5.41) is 13.1. The Morgan fingerprint density at radius 2 is 1.89 bits per heavy atom.